The summed E-state index contributed by atoms with van der Waals surface area (Å²) in [7, 11) is 1.64. The molecule has 5 rings (SSSR count). The Kier molecular flexibility index (Phi) is 8.84. The van der Waals surface area contributed by atoms with Gasteiger partial charge in [0.2, 0.25) is 0 Å². The molecule has 0 radical (unpaired) electrons. The fourth-order valence-electron chi connectivity index (χ4n) is 5.05. The second-order valence-corrected chi connectivity index (χ2v) is 10.4. The molecule has 0 spiro atoms. The number of pyridine rings is 1. The number of likely N-dealkylation sites (tertiary alicyclic amines) is 2. The molecule has 3 heterocycles. The summed E-state index contributed by atoms with van der Waals surface area (Å²) >= 11 is 0. The van der Waals surface area contributed by atoms with Crippen molar-refractivity contribution in [1.29, 1.82) is 0 Å². The van der Waals surface area contributed by atoms with Gasteiger partial charge in [-0.25, -0.2) is 0 Å². The smallest absolute Gasteiger partial charge is 0.272 e. The number of aliphatic hydroxyl groups is 2. The van der Waals surface area contributed by atoms with Crippen LogP contribution in [0.15, 0.2) is 60.8 Å². The summed E-state index contributed by atoms with van der Waals surface area (Å²) in [5.41, 5.74) is 3.85. The van der Waals surface area contributed by atoms with Gasteiger partial charge >= 0.3 is 0 Å². The molecule has 9 nitrogen and oxygen atoms in total. The summed E-state index contributed by atoms with van der Waals surface area (Å²) < 4.78 is 17.4. The van der Waals surface area contributed by atoms with Crippen LogP contribution < -0.4 is 14.2 Å². The van der Waals surface area contributed by atoms with E-state index in [1.54, 1.807) is 30.3 Å². The molecular formula is C31H37N3O6. The lowest BCUT2D eigenvalue weighted by Crippen LogP contribution is -2.48. The first-order chi connectivity index (χ1) is 19.4. The summed E-state index contributed by atoms with van der Waals surface area (Å²) in [6.07, 6.45) is 1.15. The first kappa shape index (κ1) is 27.9. The third kappa shape index (κ3) is 6.55. The maximum atomic E-state index is 13.0. The van der Waals surface area contributed by atoms with E-state index in [9.17, 15) is 15.0 Å². The number of carbonyl (C=O) groups excluding carboxylic acids is 1. The second kappa shape index (κ2) is 12.7. The molecule has 2 N–H and O–H groups in total. The fraction of sp³-hybridized carbons (Fsp3) is 0.419. The van der Waals surface area contributed by atoms with Crippen molar-refractivity contribution < 1.29 is 29.2 Å². The SMILES string of the molecule is CCc1ccc(COc2ccc(C3CN(C(=O)c4cc(OCCN5C[C@@H](O)[C@@H](O)C5)ccn4)C3)cc2OC)cc1. The molecule has 0 saturated carbocycles. The largest absolute Gasteiger partial charge is 0.493 e. The van der Waals surface area contributed by atoms with Gasteiger partial charge < -0.3 is 29.3 Å². The van der Waals surface area contributed by atoms with Crippen molar-refractivity contribution in [3.63, 3.8) is 0 Å². The van der Waals surface area contributed by atoms with Crippen LogP contribution in [-0.2, 0) is 13.0 Å². The van der Waals surface area contributed by atoms with E-state index < -0.39 is 12.2 Å². The summed E-state index contributed by atoms with van der Waals surface area (Å²) in [6.45, 7) is 5.61. The van der Waals surface area contributed by atoms with E-state index in [1.807, 2.05) is 23.1 Å². The Morgan fingerprint density at radius 3 is 2.35 bits per heavy atom. The van der Waals surface area contributed by atoms with Crippen molar-refractivity contribution in [2.24, 2.45) is 0 Å². The number of amides is 1. The topological polar surface area (TPSA) is 105 Å². The molecule has 1 amide bonds. The van der Waals surface area contributed by atoms with Gasteiger partial charge in [0.25, 0.3) is 5.91 Å². The maximum absolute atomic E-state index is 13.0. The van der Waals surface area contributed by atoms with E-state index in [0.29, 0.717) is 68.9 Å². The molecule has 2 aromatic carbocycles. The van der Waals surface area contributed by atoms with Gasteiger partial charge in [0, 0.05) is 50.9 Å². The van der Waals surface area contributed by atoms with E-state index in [4.69, 9.17) is 14.2 Å². The molecule has 2 saturated heterocycles. The highest BCUT2D eigenvalue weighted by Crippen LogP contribution is 2.35. The second-order valence-electron chi connectivity index (χ2n) is 10.4. The van der Waals surface area contributed by atoms with Crippen molar-refractivity contribution in [1.82, 2.24) is 14.8 Å². The highest BCUT2D eigenvalue weighted by Gasteiger charge is 2.33. The molecule has 0 aliphatic carbocycles. The van der Waals surface area contributed by atoms with Gasteiger partial charge in [-0.3, -0.25) is 14.7 Å². The minimum atomic E-state index is -0.716. The molecule has 0 bridgehead atoms. The van der Waals surface area contributed by atoms with Crippen LogP contribution in [-0.4, -0.2) is 89.6 Å². The number of ether oxygens (including phenoxy) is 3. The van der Waals surface area contributed by atoms with Gasteiger partial charge in [0.1, 0.15) is 24.7 Å². The Bertz CT molecular complexity index is 1280. The van der Waals surface area contributed by atoms with Gasteiger partial charge in [0.15, 0.2) is 11.5 Å². The van der Waals surface area contributed by atoms with Gasteiger partial charge in [-0.2, -0.15) is 0 Å². The number of benzene rings is 2. The molecule has 3 aromatic rings. The number of β-amino-alcohol motifs (C(OH)–C–C–N with tert-alkyl or cyclic N) is 2. The lowest BCUT2D eigenvalue weighted by Gasteiger charge is -2.39. The first-order valence-electron chi connectivity index (χ1n) is 13.8. The zero-order chi connectivity index (χ0) is 28.1. The molecule has 2 aliphatic rings. The minimum absolute atomic E-state index is 0.131. The number of aryl methyl sites for hydroxylation is 1. The summed E-state index contributed by atoms with van der Waals surface area (Å²) in [4.78, 5) is 21.0. The Hall–Kier alpha value is -3.66. The predicted octanol–water partition coefficient (Wildman–Crippen LogP) is 2.89. The average molecular weight is 548 g/mol. The molecule has 2 aliphatic heterocycles. The minimum Gasteiger partial charge on any atom is -0.493 e. The van der Waals surface area contributed by atoms with Crippen LogP contribution >= 0.6 is 0 Å². The number of hydrogen-bond acceptors (Lipinski definition) is 8. The summed E-state index contributed by atoms with van der Waals surface area (Å²) in [6, 6.07) is 17.8. The molecule has 0 unspecified atom stereocenters. The number of nitrogens with zero attached hydrogens (tertiary/aromatic N) is 3. The molecule has 2 fully saturated rings. The van der Waals surface area contributed by atoms with Crippen molar-refractivity contribution in [2.75, 3.05) is 46.4 Å². The van der Waals surface area contributed by atoms with E-state index >= 15 is 0 Å². The molecule has 1 aromatic heterocycles. The van der Waals surface area contributed by atoms with Gasteiger partial charge in [-0.1, -0.05) is 37.3 Å². The van der Waals surface area contributed by atoms with Crippen LogP contribution in [0.3, 0.4) is 0 Å². The van der Waals surface area contributed by atoms with Crippen molar-refractivity contribution >= 4 is 5.91 Å². The van der Waals surface area contributed by atoms with Gasteiger partial charge in [-0.05, 0) is 41.3 Å². The Labute approximate surface area is 234 Å². The quantitative estimate of drug-likeness (QED) is 0.378. The lowest BCUT2D eigenvalue weighted by atomic mass is 9.91. The van der Waals surface area contributed by atoms with E-state index in [-0.39, 0.29) is 11.8 Å². The van der Waals surface area contributed by atoms with Crippen LogP contribution in [0.1, 0.15) is 40.0 Å². The molecule has 40 heavy (non-hydrogen) atoms. The molecule has 212 valence electrons. The standard InChI is InChI=1S/C31H37N3O6/c1-3-21-4-6-22(7-5-21)20-40-29-9-8-23(14-30(29)38-2)24-16-34(17-24)31(37)26-15-25(10-11-32-26)39-13-12-33-18-27(35)28(36)19-33/h4-11,14-15,24,27-28,35-36H,3,12-13,16-20H2,1-2H3/t27-,28+. The highest BCUT2D eigenvalue weighted by molar-refractivity contribution is 5.93. The number of methoxy groups -OCH3 is 1. The number of carbonyl (C=O) groups is 1. The van der Waals surface area contributed by atoms with Gasteiger partial charge in [-0.15, -0.1) is 0 Å². The van der Waals surface area contributed by atoms with Crippen LogP contribution in [0.25, 0.3) is 0 Å². The van der Waals surface area contributed by atoms with E-state index in [0.717, 1.165) is 17.5 Å². The van der Waals surface area contributed by atoms with Crippen LogP contribution in [0.5, 0.6) is 17.2 Å². The zero-order valence-corrected chi connectivity index (χ0v) is 23.0. The highest BCUT2D eigenvalue weighted by atomic mass is 16.5. The predicted molar refractivity (Wildman–Crippen MR) is 150 cm³/mol. The monoisotopic (exact) mass is 547 g/mol. The van der Waals surface area contributed by atoms with Gasteiger partial charge in [0.05, 0.1) is 19.3 Å². The van der Waals surface area contributed by atoms with Crippen LogP contribution in [0, 0.1) is 0 Å². The fourth-order valence-corrected chi connectivity index (χ4v) is 5.05. The first-order valence-corrected chi connectivity index (χ1v) is 13.8. The van der Waals surface area contributed by atoms with Crippen molar-refractivity contribution in [2.45, 2.75) is 38.1 Å². The van der Waals surface area contributed by atoms with Crippen molar-refractivity contribution in [3.8, 4) is 17.2 Å². The average Bonchev–Trinajstić information content (AvgIpc) is 3.28. The number of aromatic nitrogens is 1. The number of hydrogen-bond donors (Lipinski definition) is 2. The maximum Gasteiger partial charge on any atom is 0.272 e. The van der Waals surface area contributed by atoms with Crippen molar-refractivity contribution in [3.05, 3.63) is 83.2 Å². The normalized spacial score (nSPS) is 19.4. The summed E-state index contributed by atoms with van der Waals surface area (Å²) in [5.74, 6) is 2.01. The number of rotatable bonds is 11. The third-order valence-electron chi connectivity index (χ3n) is 7.61. The number of aliphatic hydroxyl groups excluding tert-OH is 2. The molecule has 9 heteroatoms. The summed E-state index contributed by atoms with van der Waals surface area (Å²) in [5, 5.41) is 19.3. The van der Waals surface area contributed by atoms with Crippen LogP contribution in [0.2, 0.25) is 0 Å². The Balaban J connectivity index is 1.12. The third-order valence-corrected chi connectivity index (χ3v) is 7.61. The molecule has 2 atom stereocenters. The van der Waals surface area contributed by atoms with E-state index in [1.165, 1.54) is 5.56 Å². The Morgan fingerprint density at radius 2 is 1.65 bits per heavy atom. The van der Waals surface area contributed by atoms with E-state index in [2.05, 4.69) is 36.2 Å². The Morgan fingerprint density at radius 1 is 0.925 bits per heavy atom. The van der Waals surface area contributed by atoms with Crippen LogP contribution in [0.4, 0.5) is 0 Å². The molecular weight excluding hydrogens is 510 g/mol. The zero-order valence-electron chi connectivity index (χ0n) is 23.0. The lowest BCUT2D eigenvalue weighted by molar-refractivity contribution is 0.0572.